The van der Waals surface area contributed by atoms with Gasteiger partial charge in [0, 0.05) is 18.0 Å². The molecule has 0 saturated carbocycles. The first-order valence-corrected chi connectivity index (χ1v) is 6.65. The van der Waals surface area contributed by atoms with Gasteiger partial charge in [0.25, 0.3) is 5.88 Å². The number of hydrogen-bond donors (Lipinski definition) is 0. The predicted molar refractivity (Wildman–Crippen MR) is 72.7 cm³/mol. The highest BCUT2D eigenvalue weighted by molar-refractivity contribution is 6.99. The van der Waals surface area contributed by atoms with E-state index in [9.17, 15) is 0 Å². The zero-order chi connectivity index (χ0) is 12.6. The summed E-state index contributed by atoms with van der Waals surface area (Å²) in [6.45, 7) is 2.68. The molecule has 0 spiro atoms. The largest absolute Gasteiger partial charge is 0.471 e. The lowest BCUT2D eigenvalue weighted by Crippen LogP contribution is -1.95. The van der Waals surface area contributed by atoms with E-state index < -0.39 is 0 Å². The van der Waals surface area contributed by atoms with Crippen molar-refractivity contribution < 1.29 is 4.74 Å². The number of nitrogens with zero attached hydrogens (tertiary/aromatic N) is 3. The number of allylic oxidation sites excluding steroid dienone is 1. The summed E-state index contributed by atoms with van der Waals surface area (Å²) < 4.78 is 14.0. The molecule has 0 atom stereocenters. The number of rotatable bonds is 6. The molecule has 0 aliphatic carbocycles. The van der Waals surface area contributed by atoms with Gasteiger partial charge in [0.15, 0.2) is 0 Å². The lowest BCUT2D eigenvalue weighted by molar-refractivity contribution is 0.353. The molecular weight excluding hydrogens is 246 g/mol. The maximum absolute atomic E-state index is 5.60. The molecular formula is C13H15N3OS. The second kappa shape index (κ2) is 6.86. The molecule has 0 aliphatic rings. The molecule has 2 aromatic heterocycles. The lowest BCUT2D eigenvalue weighted by atomic mass is 10.2. The molecule has 0 saturated heterocycles. The fourth-order valence-electron chi connectivity index (χ4n) is 1.43. The van der Waals surface area contributed by atoms with Crippen LogP contribution in [0.3, 0.4) is 0 Å². The molecule has 0 aromatic carbocycles. The van der Waals surface area contributed by atoms with Gasteiger partial charge in [-0.25, -0.2) is 0 Å². The van der Waals surface area contributed by atoms with E-state index >= 15 is 0 Å². The van der Waals surface area contributed by atoms with E-state index in [2.05, 4.69) is 26.7 Å². The van der Waals surface area contributed by atoms with Gasteiger partial charge in [-0.3, -0.25) is 4.98 Å². The summed E-state index contributed by atoms with van der Waals surface area (Å²) in [5.74, 6) is 0.578. The molecule has 0 amide bonds. The van der Waals surface area contributed by atoms with Gasteiger partial charge in [0.05, 0.1) is 11.7 Å². The number of pyridine rings is 1. The van der Waals surface area contributed by atoms with Gasteiger partial charge in [-0.15, -0.1) is 4.37 Å². The molecule has 0 bridgehead atoms. The Hall–Kier alpha value is -1.75. The third-order valence-corrected chi connectivity index (χ3v) is 2.84. The number of ether oxygens (including phenoxy) is 1. The van der Waals surface area contributed by atoms with E-state index in [0.717, 1.165) is 35.8 Å². The van der Waals surface area contributed by atoms with Gasteiger partial charge in [-0.1, -0.05) is 25.5 Å². The Morgan fingerprint density at radius 3 is 3.06 bits per heavy atom. The third-order valence-electron chi connectivity index (χ3n) is 2.33. The van der Waals surface area contributed by atoms with Crippen LogP contribution in [-0.4, -0.2) is 20.3 Å². The summed E-state index contributed by atoms with van der Waals surface area (Å²) in [4.78, 5) is 4.07. The molecule has 2 heterocycles. The molecule has 0 N–H and O–H groups in total. The first-order valence-electron chi connectivity index (χ1n) is 5.92. The van der Waals surface area contributed by atoms with Crippen molar-refractivity contribution in [1.82, 2.24) is 13.7 Å². The SMILES string of the molecule is CCC/C=C/COc1nsnc1-c1cccnc1. The van der Waals surface area contributed by atoms with E-state index in [1.54, 1.807) is 12.4 Å². The monoisotopic (exact) mass is 261 g/mol. The van der Waals surface area contributed by atoms with Crippen LogP contribution in [0, 0.1) is 0 Å². The fraction of sp³-hybridized carbons (Fsp3) is 0.308. The van der Waals surface area contributed by atoms with Gasteiger partial charge < -0.3 is 4.74 Å². The average Bonchev–Trinajstić information content (AvgIpc) is 2.88. The van der Waals surface area contributed by atoms with Crippen molar-refractivity contribution in [3.05, 3.63) is 36.7 Å². The summed E-state index contributed by atoms with van der Waals surface area (Å²) in [5.41, 5.74) is 1.69. The predicted octanol–water partition coefficient (Wildman–Crippen LogP) is 3.34. The summed E-state index contributed by atoms with van der Waals surface area (Å²) in [6.07, 6.45) is 9.84. The standard InChI is InChI=1S/C13H15N3OS/c1-2-3-4-5-9-17-13-12(15-18-16-13)11-7-6-8-14-10-11/h4-8,10H,2-3,9H2,1H3/b5-4+. The van der Waals surface area contributed by atoms with Crippen LogP contribution < -0.4 is 4.74 Å². The number of aromatic nitrogens is 3. The minimum absolute atomic E-state index is 0.526. The van der Waals surface area contributed by atoms with Crippen LogP contribution in [0.2, 0.25) is 0 Å². The van der Waals surface area contributed by atoms with Crippen LogP contribution >= 0.6 is 11.7 Å². The highest BCUT2D eigenvalue weighted by Crippen LogP contribution is 2.26. The number of hydrogen-bond acceptors (Lipinski definition) is 5. The van der Waals surface area contributed by atoms with Crippen LogP contribution in [0.15, 0.2) is 36.7 Å². The second-order valence-corrected chi connectivity index (χ2v) is 4.26. The highest BCUT2D eigenvalue weighted by atomic mass is 32.1. The highest BCUT2D eigenvalue weighted by Gasteiger charge is 2.10. The van der Waals surface area contributed by atoms with Gasteiger partial charge in [-0.2, -0.15) is 4.37 Å². The van der Waals surface area contributed by atoms with Crippen LogP contribution in [0.1, 0.15) is 19.8 Å². The minimum Gasteiger partial charge on any atom is -0.471 e. The van der Waals surface area contributed by atoms with E-state index in [1.807, 2.05) is 18.2 Å². The molecule has 4 nitrogen and oxygen atoms in total. The average molecular weight is 261 g/mol. The van der Waals surface area contributed by atoms with Crippen molar-refractivity contribution >= 4 is 11.7 Å². The third kappa shape index (κ3) is 3.37. The van der Waals surface area contributed by atoms with Crippen LogP contribution in [0.4, 0.5) is 0 Å². The molecule has 0 aliphatic heterocycles. The number of unbranched alkanes of at least 4 members (excludes halogenated alkanes) is 1. The normalized spacial score (nSPS) is 10.9. The van der Waals surface area contributed by atoms with E-state index in [1.165, 1.54) is 0 Å². The molecule has 94 valence electrons. The second-order valence-electron chi connectivity index (χ2n) is 3.73. The smallest absolute Gasteiger partial charge is 0.254 e. The molecule has 0 unspecified atom stereocenters. The summed E-state index contributed by atoms with van der Waals surface area (Å²) in [5, 5.41) is 0. The van der Waals surface area contributed by atoms with Crippen molar-refractivity contribution in [1.29, 1.82) is 0 Å². The van der Waals surface area contributed by atoms with Crippen LogP contribution in [0.25, 0.3) is 11.3 Å². The van der Waals surface area contributed by atoms with Crippen molar-refractivity contribution in [2.75, 3.05) is 6.61 Å². The van der Waals surface area contributed by atoms with Crippen LogP contribution in [-0.2, 0) is 0 Å². The Bertz CT molecular complexity index is 496. The Kier molecular flexibility index (Phi) is 4.84. The van der Waals surface area contributed by atoms with E-state index in [0.29, 0.717) is 12.5 Å². The Labute approximate surface area is 111 Å². The van der Waals surface area contributed by atoms with Gasteiger partial charge in [-0.05, 0) is 18.6 Å². The summed E-state index contributed by atoms with van der Waals surface area (Å²) in [7, 11) is 0. The van der Waals surface area contributed by atoms with Crippen molar-refractivity contribution in [3.63, 3.8) is 0 Å². The van der Waals surface area contributed by atoms with Gasteiger partial charge in [0.1, 0.15) is 12.3 Å². The molecule has 2 aromatic rings. The van der Waals surface area contributed by atoms with Gasteiger partial charge >= 0.3 is 0 Å². The van der Waals surface area contributed by atoms with Crippen molar-refractivity contribution in [3.8, 4) is 17.1 Å². The molecule has 0 radical (unpaired) electrons. The quantitative estimate of drug-likeness (QED) is 0.748. The summed E-state index contributed by atoms with van der Waals surface area (Å²) >= 11 is 1.15. The first-order chi connectivity index (χ1) is 8.92. The molecule has 18 heavy (non-hydrogen) atoms. The lowest BCUT2D eigenvalue weighted by Gasteiger charge is -2.01. The van der Waals surface area contributed by atoms with Gasteiger partial charge in [0.2, 0.25) is 0 Å². The topological polar surface area (TPSA) is 47.9 Å². The molecule has 0 fully saturated rings. The van der Waals surface area contributed by atoms with E-state index in [-0.39, 0.29) is 0 Å². The maximum Gasteiger partial charge on any atom is 0.254 e. The Morgan fingerprint density at radius 1 is 1.33 bits per heavy atom. The zero-order valence-corrected chi connectivity index (χ0v) is 11.1. The molecule has 5 heteroatoms. The van der Waals surface area contributed by atoms with Crippen LogP contribution in [0.5, 0.6) is 5.88 Å². The fourth-order valence-corrected chi connectivity index (χ4v) is 1.95. The zero-order valence-electron chi connectivity index (χ0n) is 10.2. The summed E-state index contributed by atoms with van der Waals surface area (Å²) in [6, 6.07) is 3.82. The van der Waals surface area contributed by atoms with Crippen molar-refractivity contribution in [2.45, 2.75) is 19.8 Å². The minimum atomic E-state index is 0.526. The Balaban J connectivity index is 2.00. The Morgan fingerprint density at radius 2 is 2.28 bits per heavy atom. The molecule has 2 rings (SSSR count). The maximum atomic E-state index is 5.60. The first kappa shape index (κ1) is 12.7. The van der Waals surface area contributed by atoms with E-state index in [4.69, 9.17) is 4.74 Å². The van der Waals surface area contributed by atoms with Crippen molar-refractivity contribution in [2.24, 2.45) is 0 Å².